The van der Waals surface area contributed by atoms with Crippen LogP contribution in [0, 0.1) is 0 Å². The van der Waals surface area contributed by atoms with Crippen LogP contribution in [0.1, 0.15) is 44.4 Å². The summed E-state index contributed by atoms with van der Waals surface area (Å²) in [4.78, 5) is 51.0. The standard InChI is InChI=1S/C22H18N2O6S/c1-2-29-22(28)18-15(16-8-5-11-30-16)12-31-19(18)23-17(25)9-10-24-20(26)13-6-3-4-7-14(13)21(24)27/h3-8,11-12H,2,9-10H2,1H3,(H,23,25). The van der Waals surface area contributed by atoms with E-state index in [-0.39, 0.29) is 25.1 Å². The van der Waals surface area contributed by atoms with Gasteiger partial charge in [0.05, 0.1) is 24.0 Å². The van der Waals surface area contributed by atoms with Gasteiger partial charge in [0, 0.05) is 23.9 Å². The number of carbonyl (C=O) groups excluding carboxylic acids is 4. The topological polar surface area (TPSA) is 106 Å². The first kappa shape index (κ1) is 20.5. The molecule has 2 aromatic heterocycles. The highest BCUT2D eigenvalue weighted by molar-refractivity contribution is 7.15. The molecule has 0 saturated carbocycles. The van der Waals surface area contributed by atoms with Crippen LogP contribution in [0.25, 0.3) is 11.3 Å². The van der Waals surface area contributed by atoms with Crippen LogP contribution in [-0.2, 0) is 9.53 Å². The van der Waals surface area contributed by atoms with Crippen molar-refractivity contribution in [1.82, 2.24) is 4.90 Å². The molecule has 9 heteroatoms. The van der Waals surface area contributed by atoms with E-state index >= 15 is 0 Å². The Morgan fingerprint density at radius 1 is 1.06 bits per heavy atom. The molecule has 3 aromatic rings. The normalized spacial score (nSPS) is 12.7. The Labute approximate surface area is 181 Å². The molecule has 4 rings (SSSR count). The maximum absolute atomic E-state index is 12.6. The highest BCUT2D eigenvalue weighted by Gasteiger charge is 2.35. The molecule has 1 aromatic carbocycles. The third-order valence-electron chi connectivity index (χ3n) is 4.75. The lowest BCUT2D eigenvalue weighted by atomic mass is 10.1. The quantitative estimate of drug-likeness (QED) is 0.444. The number of hydrogen-bond donors (Lipinski definition) is 1. The minimum atomic E-state index is -0.578. The summed E-state index contributed by atoms with van der Waals surface area (Å²) in [6.07, 6.45) is 1.38. The highest BCUT2D eigenvalue weighted by Crippen LogP contribution is 2.36. The first-order chi connectivity index (χ1) is 15.0. The van der Waals surface area contributed by atoms with Crippen molar-refractivity contribution in [2.75, 3.05) is 18.5 Å². The summed E-state index contributed by atoms with van der Waals surface area (Å²) in [6.45, 7) is 1.81. The summed E-state index contributed by atoms with van der Waals surface area (Å²) in [5, 5.41) is 4.71. The Bertz CT molecular complexity index is 1130. The monoisotopic (exact) mass is 438 g/mol. The Morgan fingerprint density at radius 2 is 1.77 bits per heavy atom. The fourth-order valence-corrected chi connectivity index (χ4v) is 4.27. The van der Waals surface area contributed by atoms with Crippen molar-refractivity contribution in [1.29, 1.82) is 0 Å². The average molecular weight is 438 g/mol. The van der Waals surface area contributed by atoms with E-state index in [1.165, 1.54) is 17.6 Å². The number of rotatable bonds is 7. The van der Waals surface area contributed by atoms with Crippen LogP contribution in [0.3, 0.4) is 0 Å². The second-order valence-electron chi connectivity index (χ2n) is 6.66. The lowest BCUT2D eigenvalue weighted by Crippen LogP contribution is -2.32. The zero-order valence-corrected chi connectivity index (χ0v) is 17.4. The molecule has 31 heavy (non-hydrogen) atoms. The summed E-state index contributed by atoms with van der Waals surface area (Å²) in [5.74, 6) is -1.37. The summed E-state index contributed by atoms with van der Waals surface area (Å²) in [5.41, 5.74) is 1.39. The number of esters is 1. The van der Waals surface area contributed by atoms with Gasteiger partial charge in [-0.3, -0.25) is 19.3 Å². The molecule has 0 bridgehead atoms. The molecule has 1 aliphatic rings. The number of nitrogens with zero attached hydrogens (tertiary/aromatic N) is 1. The minimum Gasteiger partial charge on any atom is -0.464 e. The van der Waals surface area contributed by atoms with Crippen LogP contribution in [0.2, 0.25) is 0 Å². The van der Waals surface area contributed by atoms with Gasteiger partial charge < -0.3 is 14.5 Å². The molecular weight excluding hydrogens is 420 g/mol. The third kappa shape index (κ3) is 3.87. The SMILES string of the molecule is CCOC(=O)c1c(-c2ccco2)csc1NC(=O)CCN1C(=O)c2ccccc2C1=O. The van der Waals surface area contributed by atoms with Gasteiger partial charge in [0.2, 0.25) is 5.91 Å². The van der Waals surface area contributed by atoms with E-state index in [0.29, 0.717) is 27.5 Å². The Kier molecular flexibility index (Phi) is 5.68. The van der Waals surface area contributed by atoms with Gasteiger partial charge in [-0.2, -0.15) is 0 Å². The Balaban J connectivity index is 1.48. The zero-order chi connectivity index (χ0) is 22.0. The van der Waals surface area contributed by atoms with Gasteiger partial charge in [0.25, 0.3) is 11.8 Å². The van der Waals surface area contributed by atoms with Crippen LogP contribution in [0.5, 0.6) is 0 Å². The Hall–Kier alpha value is -3.72. The van der Waals surface area contributed by atoms with Crippen molar-refractivity contribution >= 4 is 40.0 Å². The molecule has 0 spiro atoms. The minimum absolute atomic E-state index is 0.0661. The number of amides is 3. The molecule has 1 N–H and O–H groups in total. The van der Waals surface area contributed by atoms with Crippen LogP contribution in [0.15, 0.2) is 52.5 Å². The highest BCUT2D eigenvalue weighted by atomic mass is 32.1. The number of fused-ring (bicyclic) bond motifs is 1. The third-order valence-corrected chi connectivity index (χ3v) is 5.65. The fourth-order valence-electron chi connectivity index (χ4n) is 3.31. The van der Waals surface area contributed by atoms with E-state index in [2.05, 4.69) is 5.32 Å². The second-order valence-corrected chi connectivity index (χ2v) is 7.54. The number of furan rings is 1. The number of ether oxygens (including phenoxy) is 1. The fraction of sp³-hybridized carbons (Fsp3) is 0.182. The van der Waals surface area contributed by atoms with E-state index in [0.717, 1.165) is 4.90 Å². The van der Waals surface area contributed by atoms with Crippen molar-refractivity contribution in [3.05, 3.63) is 64.7 Å². The molecule has 1 aliphatic heterocycles. The summed E-state index contributed by atoms with van der Waals surface area (Å²) >= 11 is 1.17. The van der Waals surface area contributed by atoms with Gasteiger partial charge >= 0.3 is 5.97 Å². The van der Waals surface area contributed by atoms with Crippen molar-refractivity contribution in [3.63, 3.8) is 0 Å². The molecule has 0 fully saturated rings. The molecule has 8 nitrogen and oxygen atoms in total. The van der Waals surface area contributed by atoms with Crippen LogP contribution >= 0.6 is 11.3 Å². The maximum Gasteiger partial charge on any atom is 0.341 e. The first-order valence-corrected chi connectivity index (χ1v) is 10.5. The van der Waals surface area contributed by atoms with E-state index < -0.39 is 23.7 Å². The van der Waals surface area contributed by atoms with Gasteiger partial charge in [0.1, 0.15) is 16.3 Å². The smallest absolute Gasteiger partial charge is 0.341 e. The van der Waals surface area contributed by atoms with Crippen LogP contribution in [-0.4, -0.2) is 41.7 Å². The first-order valence-electron chi connectivity index (χ1n) is 9.58. The van der Waals surface area contributed by atoms with Gasteiger partial charge in [-0.15, -0.1) is 11.3 Å². The number of nitrogens with one attached hydrogen (secondary N) is 1. The van der Waals surface area contributed by atoms with Crippen molar-refractivity contribution in [3.8, 4) is 11.3 Å². The molecule has 158 valence electrons. The number of carbonyl (C=O) groups is 4. The summed E-state index contributed by atoms with van der Waals surface area (Å²) < 4.78 is 10.5. The number of anilines is 1. The van der Waals surface area contributed by atoms with Crippen molar-refractivity contribution < 1.29 is 28.3 Å². The van der Waals surface area contributed by atoms with Gasteiger partial charge in [0.15, 0.2) is 0 Å². The van der Waals surface area contributed by atoms with Gasteiger partial charge in [-0.05, 0) is 31.2 Å². The lowest BCUT2D eigenvalue weighted by Gasteiger charge is -2.13. The Morgan fingerprint density at radius 3 is 2.39 bits per heavy atom. The van der Waals surface area contributed by atoms with Crippen molar-refractivity contribution in [2.24, 2.45) is 0 Å². The molecule has 0 radical (unpaired) electrons. The average Bonchev–Trinajstić information content (AvgIpc) is 3.47. The predicted molar refractivity (Wildman–Crippen MR) is 113 cm³/mol. The molecule has 0 saturated heterocycles. The van der Waals surface area contributed by atoms with E-state index in [4.69, 9.17) is 9.15 Å². The van der Waals surface area contributed by atoms with Gasteiger partial charge in [-0.25, -0.2) is 4.79 Å². The predicted octanol–water partition coefficient (Wildman–Crippen LogP) is 3.81. The molecule has 0 atom stereocenters. The number of thiophene rings is 1. The summed E-state index contributed by atoms with van der Waals surface area (Å²) in [7, 11) is 0. The number of imide groups is 1. The van der Waals surface area contributed by atoms with Crippen molar-refractivity contribution in [2.45, 2.75) is 13.3 Å². The molecule has 3 heterocycles. The molecule has 0 aliphatic carbocycles. The van der Waals surface area contributed by atoms with E-state index in [1.54, 1.807) is 48.7 Å². The van der Waals surface area contributed by atoms with E-state index in [1.807, 2.05) is 0 Å². The summed E-state index contributed by atoms with van der Waals surface area (Å²) in [6, 6.07) is 9.95. The number of benzene rings is 1. The van der Waals surface area contributed by atoms with Crippen LogP contribution < -0.4 is 5.32 Å². The molecule has 0 unspecified atom stereocenters. The molecular formula is C22H18N2O6S. The second kappa shape index (κ2) is 8.57. The van der Waals surface area contributed by atoms with Crippen LogP contribution in [0.4, 0.5) is 5.00 Å². The zero-order valence-electron chi connectivity index (χ0n) is 16.5. The largest absolute Gasteiger partial charge is 0.464 e. The molecule has 3 amide bonds. The van der Waals surface area contributed by atoms with E-state index in [9.17, 15) is 19.2 Å². The van der Waals surface area contributed by atoms with Gasteiger partial charge in [-0.1, -0.05) is 12.1 Å². The maximum atomic E-state index is 12.6. The number of hydrogen-bond acceptors (Lipinski definition) is 7. The lowest BCUT2D eigenvalue weighted by molar-refractivity contribution is -0.116.